The summed E-state index contributed by atoms with van der Waals surface area (Å²) in [5.41, 5.74) is 2.97. The molecule has 0 radical (unpaired) electrons. The molecule has 2 aliphatic heterocycles. The van der Waals surface area contributed by atoms with Crippen LogP contribution in [0.3, 0.4) is 0 Å². The summed E-state index contributed by atoms with van der Waals surface area (Å²) in [5, 5.41) is 7.11. The molecule has 0 aromatic rings. The standard InChI is InChI=1S/C12H16N2/c1-3-9-5-6-10-4-2-8-14-12(10)11(9)13-7-1/h1,3,5-6,9,11,13-14H,2,4,7-8H2. The van der Waals surface area contributed by atoms with Crippen LogP contribution in [0.1, 0.15) is 12.8 Å². The predicted molar refractivity (Wildman–Crippen MR) is 57.8 cm³/mol. The molecule has 0 amide bonds. The topological polar surface area (TPSA) is 24.1 Å². The lowest BCUT2D eigenvalue weighted by Gasteiger charge is -2.36. The van der Waals surface area contributed by atoms with Crippen molar-refractivity contribution in [1.82, 2.24) is 10.6 Å². The van der Waals surface area contributed by atoms with E-state index in [9.17, 15) is 0 Å². The molecule has 3 rings (SSSR count). The lowest BCUT2D eigenvalue weighted by atomic mass is 9.84. The van der Waals surface area contributed by atoms with Crippen molar-refractivity contribution in [2.45, 2.75) is 18.9 Å². The van der Waals surface area contributed by atoms with Crippen molar-refractivity contribution in [2.24, 2.45) is 5.92 Å². The van der Waals surface area contributed by atoms with E-state index < -0.39 is 0 Å². The van der Waals surface area contributed by atoms with Gasteiger partial charge in [0.2, 0.25) is 0 Å². The number of rotatable bonds is 0. The Morgan fingerprint density at radius 2 is 2.29 bits per heavy atom. The highest BCUT2D eigenvalue weighted by Gasteiger charge is 2.28. The van der Waals surface area contributed by atoms with Crippen LogP contribution >= 0.6 is 0 Å². The Hall–Kier alpha value is -1.02. The van der Waals surface area contributed by atoms with Gasteiger partial charge in [0.1, 0.15) is 0 Å². The average Bonchev–Trinajstić information content (AvgIpc) is 2.29. The van der Waals surface area contributed by atoms with E-state index in [0.717, 1.165) is 13.1 Å². The molecule has 2 unspecified atom stereocenters. The Kier molecular flexibility index (Phi) is 1.95. The van der Waals surface area contributed by atoms with Crippen LogP contribution in [0.25, 0.3) is 0 Å². The first-order chi connectivity index (χ1) is 6.95. The summed E-state index contributed by atoms with van der Waals surface area (Å²) in [6.45, 7) is 2.15. The summed E-state index contributed by atoms with van der Waals surface area (Å²) in [7, 11) is 0. The molecule has 0 saturated heterocycles. The highest BCUT2D eigenvalue weighted by atomic mass is 15.0. The average molecular weight is 188 g/mol. The number of hydrogen-bond acceptors (Lipinski definition) is 2. The van der Waals surface area contributed by atoms with E-state index in [0.29, 0.717) is 12.0 Å². The zero-order valence-electron chi connectivity index (χ0n) is 8.29. The van der Waals surface area contributed by atoms with Gasteiger partial charge in [-0.15, -0.1) is 0 Å². The third kappa shape index (κ3) is 1.22. The van der Waals surface area contributed by atoms with Crippen LogP contribution < -0.4 is 10.6 Å². The van der Waals surface area contributed by atoms with Crippen LogP contribution in [0.2, 0.25) is 0 Å². The minimum absolute atomic E-state index is 0.514. The molecule has 0 bridgehead atoms. The fourth-order valence-corrected chi connectivity index (χ4v) is 2.60. The normalized spacial score (nSPS) is 34.9. The van der Waals surface area contributed by atoms with Crippen LogP contribution in [0.15, 0.2) is 35.6 Å². The molecule has 0 aromatic heterocycles. The maximum Gasteiger partial charge on any atom is 0.0573 e. The summed E-state index contributed by atoms with van der Waals surface area (Å²) in [6, 6.07) is 0.514. The third-order valence-electron chi connectivity index (χ3n) is 3.31. The predicted octanol–water partition coefficient (Wildman–Crippen LogP) is 1.34. The van der Waals surface area contributed by atoms with E-state index in [2.05, 4.69) is 34.9 Å². The van der Waals surface area contributed by atoms with E-state index in [1.807, 2.05) is 0 Å². The van der Waals surface area contributed by atoms with Gasteiger partial charge < -0.3 is 10.6 Å². The largest absolute Gasteiger partial charge is 0.387 e. The fourth-order valence-electron chi connectivity index (χ4n) is 2.60. The van der Waals surface area contributed by atoms with Gasteiger partial charge in [0, 0.05) is 24.7 Å². The summed E-state index contributed by atoms with van der Waals surface area (Å²) >= 11 is 0. The van der Waals surface area contributed by atoms with Crippen molar-refractivity contribution in [3.8, 4) is 0 Å². The van der Waals surface area contributed by atoms with Gasteiger partial charge in [-0.05, 0) is 18.4 Å². The Labute approximate surface area is 84.8 Å². The molecule has 2 nitrogen and oxygen atoms in total. The lowest BCUT2D eigenvalue weighted by Crippen LogP contribution is -2.46. The molecule has 2 heterocycles. The van der Waals surface area contributed by atoms with E-state index in [-0.39, 0.29) is 0 Å². The van der Waals surface area contributed by atoms with Crippen LogP contribution in [-0.2, 0) is 0 Å². The van der Waals surface area contributed by atoms with Crippen molar-refractivity contribution < 1.29 is 0 Å². The van der Waals surface area contributed by atoms with Gasteiger partial charge in [0.15, 0.2) is 0 Å². The third-order valence-corrected chi connectivity index (χ3v) is 3.31. The van der Waals surface area contributed by atoms with Crippen LogP contribution in [-0.4, -0.2) is 19.1 Å². The lowest BCUT2D eigenvalue weighted by molar-refractivity contribution is 0.460. The monoisotopic (exact) mass is 188 g/mol. The molecule has 2 heteroatoms. The number of fused-ring (bicyclic) bond motifs is 2. The second-order valence-electron chi connectivity index (χ2n) is 4.22. The van der Waals surface area contributed by atoms with Gasteiger partial charge in [0.05, 0.1) is 6.04 Å². The molecule has 0 spiro atoms. The smallest absolute Gasteiger partial charge is 0.0573 e. The molecule has 1 aliphatic carbocycles. The zero-order chi connectivity index (χ0) is 9.38. The van der Waals surface area contributed by atoms with Crippen molar-refractivity contribution >= 4 is 0 Å². The summed E-state index contributed by atoms with van der Waals surface area (Å²) in [6.07, 6.45) is 11.7. The Morgan fingerprint density at radius 3 is 3.29 bits per heavy atom. The maximum absolute atomic E-state index is 3.56. The van der Waals surface area contributed by atoms with Gasteiger partial charge in [-0.3, -0.25) is 0 Å². The van der Waals surface area contributed by atoms with Crippen molar-refractivity contribution in [1.29, 1.82) is 0 Å². The molecule has 2 N–H and O–H groups in total. The van der Waals surface area contributed by atoms with E-state index in [1.54, 1.807) is 0 Å². The molecular weight excluding hydrogens is 172 g/mol. The van der Waals surface area contributed by atoms with Gasteiger partial charge in [-0.1, -0.05) is 24.3 Å². The molecule has 74 valence electrons. The van der Waals surface area contributed by atoms with Crippen LogP contribution in [0, 0.1) is 5.92 Å². The van der Waals surface area contributed by atoms with Crippen molar-refractivity contribution in [3.05, 3.63) is 35.6 Å². The van der Waals surface area contributed by atoms with Crippen LogP contribution in [0.5, 0.6) is 0 Å². The first kappa shape index (κ1) is 8.30. The second kappa shape index (κ2) is 3.28. The zero-order valence-corrected chi connectivity index (χ0v) is 8.29. The molecule has 14 heavy (non-hydrogen) atoms. The highest BCUT2D eigenvalue weighted by Crippen LogP contribution is 2.29. The van der Waals surface area contributed by atoms with Gasteiger partial charge >= 0.3 is 0 Å². The van der Waals surface area contributed by atoms with Crippen LogP contribution in [0.4, 0.5) is 0 Å². The Morgan fingerprint density at radius 1 is 1.29 bits per heavy atom. The van der Waals surface area contributed by atoms with Gasteiger partial charge in [-0.25, -0.2) is 0 Å². The van der Waals surface area contributed by atoms with Gasteiger partial charge in [-0.2, -0.15) is 0 Å². The highest BCUT2D eigenvalue weighted by molar-refractivity contribution is 5.38. The molecule has 0 saturated carbocycles. The van der Waals surface area contributed by atoms with Crippen molar-refractivity contribution in [2.75, 3.05) is 13.1 Å². The quantitative estimate of drug-likeness (QED) is 0.561. The van der Waals surface area contributed by atoms with E-state index in [4.69, 9.17) is 0 Å². The minimum atomic E-state index is 0.514. The Bertz CT molecular complexity index is 325. The molecule has 2 atom stereocenters. The molecule has 0 fully saturated rings. The Balaban J connectivity index is 1.96. The summed E-state index contributed by atoms with van der Waals surface area (Å²) in [5.74, 6) is 0.563. The minimum Gasteiger partial charge on any atom is -0.387 e. The van der Waals surface area contributed by atoms with E-state index >= 15 is 0 Å². The maximum atomic E-state index is 3.56. The van der Waals surface area contributed by atoms with Gasteiger partial charge in [0.25, 0.3) is 0 Å². The molecular formula is C12H16N2. The number of allylic oxidation sites excluding steroid dienone is 2. The first-order valence-electron chi connectivity index (χ1n) is 5.50. The van der Waals surface area contributed by atoms with E-state index in [1.165, 1.54) is 24.1 Å². The fraction of sp³-hybridized carbons (Fsp3) is 0.500. The first-order valence-corrected chi connectivity index (χ1v) is 5.50. The van der Waals surface area contributed by atoms with Crippen molar-refractivity contribution in [3.63, 3.8) is 0 Å². The second-order valence-corrected chi connectivity index (χ2v) is 4.22. The molecule has 0 aromatic carbocycles. The number of nitrogens with one attached hydrogen (secondary N) is 2. The summed E-state index contributed by atoms with van der Waals surface area (Å²) < 4.78 is 0. The molecule has 3 aliphatic rings. The summed E-state index contributed by atoms with van der Waals surface area (Å²) in [4.78, 5) is 0. The SMILES string of the molecule is C1=CC2C=CC3=C(NCCC3)C2NC1. The number of hydrogen-bond donors (Lipinski definition) is 2.